The Bertz CT molecular complexity index is 633. The van der Waals surface area contributed by atoms with Gasteiger partial charge in [-0.2, -0.15) is 10.4 Å². The minimum Gasteiger partial charge on any atom is -0.382 e. The van der Waals surface area contributed by atoms with Crippen LogP contribution in [0.3, 0.4) is 0 Å². The third-order valence-corrected chi connectivity index (χ3v) is 3.70. The molecule has 102 valence electrons. The van der Waals surface area contributed by atoms with Crippen molar-refractivity contribution in [2.75, 3.05) is 23.7 Å². The first-order valence-corrected chi connectivity index (χ1v) is 6.68. The first-order valence-electron chi connectivity index (χ1n) is 6.68. The highest BCUT2D eigenvalue weighted by Gasteiger charge is 2.22. The quantitative estimate of drug-likeness (QED) is 0.893. The Hall–Kier alpha value is -2.55. The highest BCUT2D eigenvalue weighted by Crippen LogP contribution is 2.27. The van der Waals surface area contributed by atoms with Gasteiger partial charge in [-0.1, -0.05) is 0 Å². The lowest BCUT2D eigenvalue weighted by atomic mass is 10.0. The molecule has 0 amide bonds. The Morgan fingerprint density at radius 3 is 2.75 bits per heavy atom. The molecular formula is C14H16N6. The van der Waals surface area contributed by atoms with Gasteiger partial charge in [0, 0.05) is 25.5 Å². The van der Waals surface area contributed by atoms with Crippen LogP contribution in [-0.2, 0) is 0 Å². The van der Waals surface area contributed by atoms with E-state index in [1.165, 1.54) is 0 Å². The average molecular weight is 268 g/mol. The molecule has 1 aliphatic rings. The van der Waals surface area contributed by atoms with E-state index in [9.17, 15) is 0 Å². The molecule has 2 aromatic heterocycles. The average Bonchev–Trinajstić information content (AvgIpc) is 2.94. The molecule has 1 aliphatic heterocycles. The Balaban J connectivity index is 1.71. The maximum absolute atomic E-state index is 9.11. The van der Waals surface area contributed by atoms with E-state index in [0.717, 1.165) is 31.6 Å². The molecule has 0 radical (unpaired) electrons. The molecule has 0 bridgehead atoms. The van der Waals surface area contributed by atoms with Crippen molar-refractivity contribution in [3.8, 4) is 6.07 Å². The summed E-state index contributed by atoms with van der Waals surface area (Å²) < 4.78 is 1.95. The molecule has 0 spiro atoms. The van der Waals surface area contributed by atoms with Crippen LogP contribution in [0.1, 0.15) is 24.6 Å². The van der Waals surface area contributed by atoms with E-state index in [1.54, 1.807) is 6.20 Å². The highest BCUT2D eigenvalue weighted by atomic mass is 15.3. The second-order valence-corrected chi connectivity index (χ2v) is 4.92. The third-order valence-electron chi connectivity index (χ3n) is 3.70. The van der Waals surface area contributed by atoms with Gasteiger partial charge in [-0.3, -0.25) is 4.68 Å². The summed E-state index contributed by atoms with van der Waals surface area (Å²) in [4.78, 5) is 6.33. The van der Waals surface area contributed by atoms with E-state index >= 15 is 0 Å². The number of nitrogens with zero attached hydrogens (tertiary/aromatic N) is 5. The van der Waals surface area contributed by atoms with Gasteiger partial charge < -0.3 is 10.6 Å². The summed E-state index contributed by atoms with van der Waals surface area (Å²) in [5.74, 6) is 0.562. The van der Waals surface area contributed by atoms with Gasteiger partial charge in [0.1, 0.15) is 11.9 Å². The zero-order valence-corrected chi connectivity index (χ0v) is 11.1. The van der Waals surface area contributed by atoms with Gasteiger partial charge >= 0.3 is 0 Å². The van der Waals surface area contributed by atoms with E-state index < -0.39 is 0 Å². The molecule has 0 saturated carbocycles. The van der Waals surface area contributed by atoms with Crippen LogP contribution < -0.4 is 10.6 Å². The maximum Gasteiger partial charge on any atom is 0.163 e. The van der Waals surface area contributed by atoms with Crippen LogP contribution in [0.25, 0.3) is 0 Å². The Morgan fingerprint density at radius 2 is 2.10 bits per heavy atom. The van der Waals surface area contributed by atoms with E-state index in [-0.39, 0.29) is 0 Å². The fourth-order valence-corrected chi connectivity index (χ4v) is 2.67. The smallest absolute Gasteiger partial charge is 0.163 e. The lowest BCUT2D eigenvalue weighted by Crippen LogP contribution is -2.35. The van der Waals surface area contributed by atoms with Gasteiger partial charge in [0.15, 0.2) is 5.69 Å². The van der Waals surface area contributed by atoms with Crippen LogP contribution >= 0.6 is 0 Å². The summed E-state index contributed by atoms with van der Waals surface area (Å²) in [7, 11) is 0. The van der Waals surface area contributed by atoms with Crippen LogP contribution in [0.4, 0.5) is 11.5 Å². The largest absolute Gasteiger partial charge is 0.382 e. The molecule has 0 unspecified atom stereocenters. The lowest BCUT2D eigenvalue weighted by Gasteiger charge is -2.33. The predicted octanol–water partition coefficient (Wildman–Crippen LogP) is 1.57. The van der Waals surface area contributed by atoms with Gasteiger partial charge in [-0.05, 0) is 31.0 Å². The number of nitriles is 1. The number of rotatable bonds is 2. The fraction of sp³-hybridized carbons (Fsp3) is 0.357. The Morgan fingerprint density at radius 1 is 1.30 bits per heavy atom. The summed E-state index contributed by atoms with van der Waals surface area (Å²) in [6.07, 6.45) is 5.56. The summed E-state index contributed by atoms with van der Waals surface area (Å²) in [6, 6.07) is 8.18. The Labute approximate surface area is 117 Å². The van der Waals surface area contributed by atoms with Crippen molar-refractivity contribution in [3.63, 3.8) is 0 Å². The van der Waals surface area contributed by atoms with Crippen LogP contribution in [0.2, 0.25) is 0 Å². The number of aromatic nitrogens is 3. The molecule has 1 fully saturated rings. The first kappa shape index (κ1) is 12.5. The summed E-state index contributed by atoms with van der Waals surface area (Å²) in [5, 5.41) is 13.4. The molecule has 2 N–H and O–H groups in total. The van der Waals surface area contributed by atoms with E-state index in [1.807, 2.05) is 29.1 Å². The van der Waals surface area contributed by atoms with E-state index in [2.05, 4.69) is 21.1 Å². The number of hydrogen-bond donors (Lipinski definition) is 1. The molecule has 0 atom stereocenters. The second kappa shape index (κ2) is 5.21. The number of piperidine rings is 1. The van der Waals surface area contributed by atoms with Crippen LogP contribution in [0.15, 0.2) is 30.6 Å². The van der Waals surface area contributed by atoms with Crippen molar-refractivity contribution in [1.29, 1.82) is 5.26 Å². The predicted molar refractivity (Wildman–Crippen MR) is 76.1 cm³/mol. The molecular weight excluding hydrogens is 252 g/mol. The van der Waals surface area contributed by atoms with Gasteiger partial charge in [0.05, 0.1) is 11.7 Å². The van der Waals surface area contributed by atoms with Crippen molar-refractivity contribution in [2.24, 2.45) is 0 Å². The molecule has 1 saturated heterocycles. The Kier molecular flexibility index (Phi) is 3.25. The molecule has 3 heterocycles. The minimum atomic E-state index is 0.380. The van der Waals surface area contributed by atoms with Crippen LogP contribution in [0.5, 0.6) is 0 Å². The molecule has 6 heteroatoms. The SMILES string of the molecule is N#Cc1ncccc1N1CCC(n2ccc(N)n2)CC1. The fourth-order valence-electron chi connectivity index (χ4n) is 2.67. The summed E-state index contributed by atoms with van der Waals surface area (Å²) >= 11 is 0. The summed E-state index contributed by atoms with van der Waals surface area (Å²) in [6.45, 7) is 1.79. The van der Waals surface area contributed by atoms with Gasteiger partial charge in [-0.25, -0.2) is 4.98 Å². The molecule has 3 rings (SSSR count). The number of anilines is 2. The van der Waals surface area contributed by atoms with Gasteiger partial charge in [0.25, 0.3) is 0 Å². The maximum atomic E-state index is 9.11. The third kappa shape index (κ3) is 2.30. The standard InChI is InChI=1S/C14H16N6/c15-10-12-13(2-1-6-17-12)19-7-3-11(4-8-19)20-9-5-14(16)18-20/h1-2,5-6,9,11H,3-4,7-8H2,(H2,16,18). The second-order valence-electron chi connectivity index (χ2n) is 4.92. The van der Waals surface area contributed by atoms with Crippen LogP contribution in [0, 0.1) is 11.3 Å². The van der Waals surface area contributed by atoms with Crippen molar-refractivity contribution < 1.29 is 0 Å². The van der Waals surface area contributed by atoms with Crippen molar-refractivity contribution in [3.05, 3.63) is 36.3 Å². The number of pyridine rings is 1. The zero-order valence-electron chi connectivity index (χ0n) is 11.1. The first-order chi connectivity index (χ1) is 9.78. The van der Waals surface area contributed by atoms with Gasteiger partial charge in [-0.15, -0.1) is 0 Å². The van der Waals surface area contributed by atoms with E-state index in [0.29, 0.717) is 17.6 Å². The lowest BCUT2D eigenvalue weighted by molar-refractivity contribution is 0.367. The van der Waals surface area contributed by atoms with E-state index in [4.69, 9.17) is 11.0 Å². The van der Waals surface area contributed by atoms with Gasteiger partial charge in [0.2, 0.25) is 0 Å². The van der Waals surface area contributed by atoms with Crippen molar-refractivity contribution in [1.82, 2.24) is 14.8 Å². The molecule has 20 heavy (non-hydrogen) atoms. The van der Waals surface area contributed by atoms with Crippen LogP contribution in [-0.4, -0.2) is 27.9 Å². The monoisotopic (exact) mass is 268 g/mol. The molecule has 0 aliphatic carbocycles. The highest BCUT2D eigenvalue weighted by molar-refractivity contribution is 5.55. The molecule has 2 aromatic rings. The molecule has 0 aromatic carbocycles. The minimum absolute atomic E-state index is 0.380. The normalized spacial score (nSPS) is 16.1. The number of hydrogen-bond acceptors (Lipinski definition) is 5. The molecule has 6 nitrogen and oxygen atoms in total. The zero-order chi connectivity index (χ0) is 13.9. The number of nitrogens with two attached hydrogens (primary N) is 1. The topological polar surface area (TPSA) is 83.8 Å². The number of nitrogen functional groups attached to an aromatic ring is 1. The van der Waals surface area contributed by atoms with Crippen molar-refractivity contribution >= 4 is 11.5 Å². The van der Waals surface area contributed by atoms with Crippen molar-refractivity contribution in [2.45, 2.75) is 18.9 Å². The summed E-state index contributed by atoms with van der Waals surface area (Å²) in [5.41, 5.74) is 7.07.